The van der Waals surface area contributed by atoms with Gasteiger partial charge in [0, 0.05) is 6.07 Å². The second kappa shape index (κ2) is 5.10. The third-order valence-corrected chi connectivity index (χ3v) is 3.01. The summed E-state index contributed by atoms with van der Waals surface area (Å²) in [5, 5.41) is 9.62. The number of ether oxygens (including phenoxy) is 2. The molecular weight excluding hydrogens is 204 g/mol. The van der Waals surface area contributed by atoms with Gasteiger partial charge in [-0.15, -0.1) is 0 Å². The summed E-state index contributed by atoms with van der Waals surface area (Å²) < 4.78 is 10.8. The first-order valence-electron chi connectivity index (χ1n) is 5.83. The third kappa shape index (κ3) is 2.60. The summed E-state index contributed by atoms with van der Waals surface area (Å²) in [4.78, 5) is 0. The Kier molecular flexibility index (Phi) is 3.54. The predicted octanol–water partition coefficient (Wildman–Crippen LogP) is 3.11. The van der Waals surface area contributed by atoms with Crippen LogP contribution in [0.3, 0.4) is 0 Å². The van der Waals surface area contributed by atoms with Gasteiger partial charge in [0.2, 0.25) is 0 Å². The van der Waals surface area contributed by atoms with Gasteiger partial charge in [0.1, 0.15) is 5.75 Å². The van der Waals surface area contributed by atoms with Gasteiger partial charge in [-0.3, -0.25) is 0 Å². The van der Waals surface area contributed by atoms with Crippen LogP contribution in [0.5, 0.6) is 17.2 Å². The molecule has 0 aromatic heterocycles. The summed E-state index contributed by atoms with van der Waals surface area (Å²) in [6.07, 6.45) is 6.34. The molecule has 1 N–H and O–H groups in total. The molecule has 0 unspecified atom stereocenters. The average molecular weight is 222 g/mol. The third-order valence-electron chi connectivity index (χ3n) is 3.01. The van der Waals surface area contributed by atoms with Crippen LogP contribution >= 0.6 is 0 Å². The lowest BCUT2D eigenvalue weighted by molar-refractivity contribution is 0.154. The van der Waals surface area contributed by atoms with Gasteiger partial charge in [-0.05, 0) is 37.8 Å². The first-order valence-corrected chi connectivity index (χ1v) is 5.83. The number of hydrogen-bond acceptors (Lipinski definition) is 3. The van der Waals surface area contributed by atoms with E-state index in [1.165, 1.54) is 26.4 Å². The van der Waals surface area contributed by atoms with Crippen molar-refractivity contribution in [3.05, 3.63) is 18.2 Å². The molecule has 0 bridgehead atoms. The van der Waals surface area contributed by atoms with Crippen LogP contribution in [0.4, 0.5) is 0 Å². The summed E-state index contributed by atoms with van der Waals surface area (Å²) in [5.41, 5.74) is 0. The molecule has 88 valence electrons. The molecule has 1 aliphatic carbocycles. The number of hydrogen-bond donors (Lipinski definition) is 1. The van der Waals surface area contributed by atoms with Crippen molar-refractivity contribution in [2.24, 2.45) is 0 Å². The normalized spacial score (nSPS) is 17.1. The lowest BCUT2D eigenvalue weighted by atomic mass is 9.98. The molecule has 0 saturated heterocycles. The van der Waals surface area contributed by atoms with Gasteiger partial charge in [-0.2, -0.15) is 0 Å². The number of benzene rings is 1. The van der Waals surface area contributed by atoms with E-state index in [4.69, 9.17) is 9.47 Å². The highest BCUT2D eigenvalue weighted by molar-refractivity contribution is 5.44. The summed E-state index contributed by atoms with van der Waals surface area (Å²) in [6.45, 7) is 0. The fraction of sp³-hybridized carbons (Fsp3) is 0.538. The second-order valence-electron chi connectivity index (χ2n) is 4.21. The quantitative estimate of drug-likeness (QED) is 0.854. The van der Waals surface area contributed by atoms with Crippen molar-refractivity contribution < 1.29 is 14.6 Å². The minimum absolute atomic E-state index is 0.135. The van der Waals surface area contributed by atoms with Gasteiger partial charge < -0.3 is 14.6 Å². The molecule has 0 aliphatic heterocycles. The summed E-state index contributed by atoms with van der Waals surface area (Å²) in [7, 11) is 1.54. The van der Waals surface area contributed by atoms with Crippen molar-refractivity contribution >= 4 is 0 Å². The van der Waals surface area contributed by atoms with Gasteiger partial charge in [-0.25, -0.2) is 0 Å². The number of aromatic hydroxyl groups is 1. The van der Waals surface area contributed by atoms with E-state index in [1.54, 1.807) is 12.1 Å². The Hall–Kier alpha value is -1.38. The van der Waals surface area contributed by atoms with Crippen molar-refractivity contribution in [1.29, 1.82) is 0 Å². The molecule has 0 radical (unpaired) electrons. The van der Waals surface area contributed by atoms with Crippen molar-refractivity contribution in [3.63, 3.8) is 0 Å². The van der Waals surface area contributed by atoms with Crippen LogP contribution in [-0.4, -0.2) is 18.3 Å². The zero-order valence-electron chi connectivity index (χ0n) is 9.61. The van der Waals surface area contributed by atoms with E-state index >= 15 is 0 Å². The van der Waals surface area contributed by atoms with Crippen molar-refractivity contribution in [2.45, 2.75) is 38.2 Å². The van der Waals surface area contributed by atoms with Crippen molar-refractivity contribution in [1.82, 2.24) is 0 Å². The molecule has 1 aromatic rings. The van der Waals surface area contributed by atoms with E-state index in [1.807, 2.05) is 6.07 Å². The molecule has 1 fully saturated rings. The van der Waals surface area contributed by atoms with Crippen LogP contribution in [0.25, 0.3) is 0 Å². The fourth-order valence-electron chi connectivity index (χ4n) is 2.12. The molecule has 0 atom stereocenters. The maximum Gasteiger partial charge on any atom is 0.161 e. The Bertz CT molecular complexity index is 343. The van der Waals surface area contributed by atoms with Gasteiger partial charge in [0.25, 0.3) is 0 Å². The van der Waals surface area contributed by atoms with Gasteiger partial charge in [-0.1, -0.05) is 6.42 Å². The van der Waals surface area contributed by atoms with Gasteiger partial charge >= 0.3 is 0 Å². The SMILES string of the molecule is COc1ccc(OC2CCCCC2)cc1O. The zero-order valence-corrected chi connectivity index (χ0v) is 9.61. The Labute approximate surface area is 96.0 Å². The topological polar surface area (TPSA) is 38.7 Å². The molecule has 0 heterocycles. The Balaban J connectivity index is 2.01. The minimum atomic E-state index is 0.135. The molecule has 3 nitrogen and oxygen atoms in total. The van der Waals surface area contributed by atoms with Gasteiger partial charge in [0.15, 0.2) is 11.5 Å². The Morgan fingerprint density at radius 1 is 1.19 bits per heavy atom. The standard InChI is InChI=1S/C13H18O3/c1-15-13-8-7-11(9-12(13)14)16-10-5-3-2-4-6-10/h7-10,14H,2-6H2,1H3. The molecule has 16 heavy (non-hydrogen) atoms. The van der Waals surface area contributed by atoms with Crippen LogP contribution in [0.2, 0.25) is 0 Å². The van der Waals surface area contributed by atoms with Crippen LogP contribution in [-0.2, 0) is 0 Å². The highest BCUT2D eigenvalue weighted by Gasteiger charge is 2.15. The van der Waals surface area contributed by atoms with Crippen LogP contribution in [0.15, 0.2) is 18.2 Å². The summed E-state index contributed by atoms with van der Waals surface area (Å²) in [6, 6.07) is 5.19. The number of rotatable bonds is 3. The predicted molar refractivity (Wildman–Crippen MR) is 62.2 cm³/mol. The molecule has 1 aliphatic rings. The first-order chi connectivity index (χ1) is 7.79. The van der Waals surface area contributed by atoms with E-state index in [-0.39, 0.29) is 5.75 Å². The van der Waals surface area contributed by atoms with E-state index in [0.29, 0.717) is 11.9 Å². The van der Waals surface area contributed by atoms with E-state index in [2.05, 4.69) is 0 Å². The smallest absolute Gasteiger partial charge is 0.161 e. The number of phenols is 1. The van der Waals surface area contributed by atoms with E-state index in [0.717, 1.165) is 18.6 Å². The number of methoxy groups -OCH3 is 1. The van der Waals surface area contributed by atoms with Crippen LogP contribution < -0.4 is 9.47 Å². The monoisotopic (exact) mass is 222 g/mol. The maximum absolute atomic E-state index is 9.62. The molecule has 1 aromatic carbocycles. The molecule has 3 heteroatoms. The Morgan fingerprint density at radius 2 is 1.94 bits per heavy atom. The molecule has 0 amide bonds. The second-order valence-corrected chi connectivity index (χ2v) is 4.21. The van der Waals surface area contributed by atoms with E-state index < -0.39 is 0 Å². The van der Waals surface area contributed by atoms with Crippen molar-refractivity contribution in [3.8, 4) is 17.2 Å². The average Bonchev–Trinajstić information content (AvgIpc) is 2.31. The molecule has 0 spiro atoms. The van der Waals surface area contributed by atoms with Gasteiger partial charge in [0.05, 0.1) is 13.2 Å². The van der Waals surface area contributed by atoms with Crippen molar-refractivity contribution in [2.75, 3.05) is 7.11 Å². The number of phenolic OH excluding ortho intramolecular Hbond substituents is 1. The Morgan fingerprint density at radius 3 is 2.56 bits per heavy atom. The molecular formula is C13H18O3. The molecule has 1 saturated carbocycles. The first kappa shape index (κ1) is 11.1. The summed E-state index contributed by atoms with van der Waals surface area (Å²) in [5.74, 6) is 1.34. The fourth-order valence-corrected chi connectivity index (χ4v) is 2.12. The van der Waals surface area contributed by atoms with Crippen LogP contribution in [0, 0.1) is 0 Å². The van der Waals surface area contributed by atoms with Crippen LogP contribution in [0.1, 0.15) is 32.1 Å². The summed E-state index contributed by atoms with van der Waals surface area (Å²) >= 11 is 0. The van der Waals surface area contributed by atoms with E-state index in [9.17, 15) is 5.11 Å². The largest absolute Gasteiger partial charge is 0.504 e. The zero-order chi connectivity index (χ0) is 11.4. The lowest BCUT2D eigenvalue weighted by Crippen LogP contribution is -2.19. The lowest BCUT2D eigenvalue weighted by Gasteiger charge is -2.23. The highest BCUT2D eigenvalue weighted by atomic mass is 16.5. The molecule has 2 rings (SSSR count). The maximum atomic E-state index is 9.62. The highest BCUT2D eigenvalue weighted by Crippen LogP contribution is 2.31. The minimum Gasteiger partial charge on any atom is -0.504 e.